The van der Waals surface area contributed by atoms with Crippen LogP contribution < -0.4 is 5.56 Å². The predicted octanol–water partition coefficient (Wildman–Crippen LogP) is 1.45. The van der Waals surface area contributed by atoms with Gasteiger partial charge in [0.1, 0.15) is 0 Å². The first kappa shape index (κ1) is 6.55. The topological polar surface area (TPSA) is 32.9 Å². The van der Waals surface area contributed by atoms with Crippen molar-refractivity contribution in [3.63, 3.8) is 0 Å². The average Bonchev–Trinajstić information content (AvgIpc) is 1.83. The highest BCUT2D eigenvalue weighted by atomic mass is 79.9. The van der Waals surface area contributed by atoms with Gasteiger partial charge in [-0.3, -0.25) is 4.79 Å². The molecule has 2 nitrogen and oxygen atoms in total. The molecule has 0 aliphatic heterocycles. The number of hydrogen-bond acceptors (Lipinski definition) is 1. The van der Waals surface area contributed by atoms with E-state index in [4.69, 9.17) is 0 Å². The van der Waals surface area contributed by atoms with Gasteiger partial charge >= 0.3 is 0 Å². The van der Waals surface area contributed by atoms with Crippen LogP contribution in [0.3, 0.4) is 0 Å². The Labute approximate surface area is 61.0 Å². The molecule has 0 atom stereocenters. The number of nitrogens with one attached hydrogen (secondary N) is 1. The second kappa shape index (κ2) is 2.35. The van der Waals surface area contributed by atoms with E-state index in [2.05, 4.69) is 20.9 Å². The van der Waals surface area contributed by atoms with Gasteiger partial charge in [0.05, 0.1) is 0 Å². The lowest BCUT2D eigenvalue weighted by molar-refractivity contribution is 1.17. The second-order valence-electron chi connectivity index (χ2n) is 1.78. The Hall–Kier alpha value is -0.570. The van der Waals surface area contributed by atoms with Crippen LogP contribution in [0.4, 0.5) is 0 Å². The van der Waals surface area contributed by atoms with Crippen molar-refractivity contribution >= 4 is 15.9 Å². The largest absolute Gasteiger partial charge is 0.329 e. The monoisotopic (exact) mass is 187 g/mol. The smallest absolute Gasteiger partial charge is 0.251 e. The Morgan fingerprint density at radius 1 is 1.67 bits per heavy atom. The highest BCUT2D eigenvalue weighted by Gasteiger charge is 1.94. The van der Waals surface area contributed by atoms with Crippen molar-refractivity contribution in [3.8, 4) is 0 Å². The van der Waals surface area contributed by atoms with Crippen LogP contribution in [-0.4, -0.2) is 4.98 Å². The third kappa shape index (κ3) is 1.21. The lowest BCUT2D eigenvalue weighted by Gasteiger charge is -1.91. The Morgan fingerprint density at radius 2 is 2.33 bits per heavy atom. The molecule has 0 bridgehead atoms. The summed E-state index contributed by atoms with van der Waals surface area (Å²) in [5, 5.41) is 0. The molecule has 0 spiro atoms. The first-order chi connectivity index (χ1) is 4.22. The van der Waals surface area contributed by atoms with Gasteiger partial charge in [-0.2, -0.15) is 0 Å². The minimum Gasteiger partial charge on any atom is -0.329 e. The third-order valence-electron chi connectivity index (χ3n) is 1.14. The van der Waals surface area contributed by atoms with E-state index in [0.717, 1.165) is 10.0 Å². The highest BCUT2D eigenvalue weighted by molar-refractivity contribution is 9.10. The van der Waals surface area contributed by atoms with Crippen LogP contribution in [0, 0.1) is 6.92 Å². The van der Waals surface area contributed by atoms with Gasteiger partial charge in [-0.1, -0.05) is 15.9 Å². The van der Waals surface area contributed by atoms with Gasteiger partial charge in [0.15, 0.2) is 0 Å². The number of H-pyrrole nitrogens is 1. The van der Waals surface area contributed by atoms with Gasteiger partial charge < -0.3 is 4.98 Å². The van der Waals surface area contributed by atoms with Crippen LogP contribution in [0.2, 0.25) is 0 Å². The van der Waals surface area contributed by atoms with E-state index in [0.29, 0.717) is 0 Å². The number of aromatic amines is 1. The number of hydrogen-bond donors (Lipinski definition) is 1. The lowest BCUT2D eigenvalue weighted by Crippen LogP contribution is -2.07. The van der Waals surface area contributed by atoms with Crippen LogP contribution in [0.1, 0.15) is 5.56 Å². The lowest BCUT2D eigenvalue weighted by atomic mass is 10.3. The summed E-state index contributed by atoms with van der Waals surface area (Å²) in [5.74, 6) is 0. The van der Waals surface area contributed by atoms with Crippen LogP contribution in [0.25, 0.3) is 0 Å². The zero-order valence-electron chi connectivity index (χ0n) is 4.94. The summed E-state index contributed by atoms with van der Waals surface area (Å²) in [6.45, 7) is 1.77. The molecule has 0 saturated carbocycles. The maximum Gasteiger partial charge on any atom is 0.251 e. The first-order valence-corrected chi connectivity index (χ1v) is 3.35. The van der Waals surface area contributed by atoms with Gasteiger partial charge in [0.2, 0.25) is 0 Å². The molecule has 0 unspecified atom stereocenters. The fourth-order valence-electron chi connectivity index (χ4n) is 0.532. The average molecular weight is 188 g/mol. The molecule has 0 aliphatic carbocycles. The molecule has 0 fully saturated rings. The van der Waals surface area contributed by atoms with Crippen molar-refractivity contribution in [3.05, 3.63) is 32.7 Å². The summed E-state index contributed by atoms with van der Waals surface area (Å²) in [6, 6.07) is 1.80. The Kier molecular flexibility index (Phi) is 1.71. The van der Waals surface area contributed by atoms with Gasteiger partial charge in [-0.05, 0) is 13.0 Å². The minimum atomic E-state index is -0.0376. The second-order valence-corrected chi connectivity index (χ2v) is 2.63. The maximum atomic E-state index is 10.8. The Bertz CT molecular complexity index is 266. The molecule has 1 rings (SSSR count). The summed E-state index contributed by atoms with van der Waals surface area (Å²) in [7, 11) is 0. The quantitative estimate of drug-likeness (QED) is 0.656. The molecule has 3 heteroatoms. The Balaban J connectivity index is 3.43. The number of pyridine rings is 1. The SMILES string of the molecule is Cc1c(Br)cc[nH]c1=O. The third-order valence-corrected chi connectivity index (χ3v) is 2.00. The highest BCUT2D eigenvalue weighted by Crippen LogP contribution is 2.08. The van der Waals surface area contributed by atoms with E-state index >= 15 is 0 Å². The molecule has 0 radical (unpaired) electrons. The summed E-state index contributed by atoms with van der Waals surface area (Å²) in [6.07, 6.45) is 1.61. The van der Waals surface area contributed by atoms with E-state index in [1.807, 2.05) is 0 Å². The zero-order valence-corrected chi connectivity index (χ0v) is 6.53. The molecule has 1 N–H and O–H groups in total. The molecule has 1 aromatic rings. The number of rotatable bonds is 0. The number of aromatic nitrogens is 1. The van der Waals surface area contributed by atoms with E-state index in [1.165, 1.54) is 0 Å². The van der Waals surface area contributed by atoms with Crippen molar-refractivity contribution < 1.29 is 0 Å². The van der Waals surface area contributed by atoms with Gasteiger partial charge in [-0.15, -0.1) is 0 Å². The van der Waals surface area contributed by atoms with Crippen LogP contribution in [0.5, 0.6) is 0 Å². The standard InChI is InChI=1S/C6H6BrNO/c1-4-5(7)2-3-8-6(4)9/h2-3H,1H3,(H,8,9). The van der Waals surface area contributed by atoms with Crippen molar-refractivity contribution in [1.29, 1.82) is 0 Å². The van der Waals surface area contributed by atoms with Crippen molar-refractivity contribution in [1.82, 2.24) is 4.98 Å². The molecular weight excluding hydrogens is 182 g/mol. The van der Waals surface area contributed by atoms with Gasteiger partial charge in [0.25, 0.3) is 5.56 Å². The minimum absolute atomic E-state index is 0.0376. The van der Waals surface area contributed by atoms with Crippen molar-refractivity contribution in [2.45, 2.75) is 6.92 Å². The molecule has 9 heavy (non-hydrogen) atoms. The zero-order chi connectivity index (χ0) is 6.85. The van der Waals surface area contributed by atoms with Crippen LogP contribution in [-0.2, 0) is 0 Å². The van der Waals surface area contributed by atoms with Gasteiger partial charge in [0, 0.05) is 16.2 Å². The fraction of sp³-hybridized carbons (Fsp3) is 0.167. The van der Waals surface area contributed by atoms with Gasteiger partial charge in [-0.25, -0.2) is 0 Å². The maximum absolute atomic E-state index is 10.8. The fourth-order valence-corrected chi connectivity index (χ4v) is 0.844. The molecule has 48 valence electrons. The van der Waals surface area contributed by atoms with Crippen molar-refractivity contribution in [2.75, 3.05) is 0 Å². The van der Waals surface area contributed by atoms with E-state index in [9.17, 15) is 4.79 Å². The summed E-state index contributed by atoms with van der Waals surface area (Å²) in [4.78, 5) is 13.3. The molecule has 1 aromatic heterocycles. The van der Waals surface area contributed by atoms with Crippen molar-refractivity contribution in [2.24, 2.45) is 0 Å². The molecule has 1 heterocycles. The van der Waals surface area contributed by atoms with Crippen LogP contribution >= 0.6 is 15.9 Å². The molecular formula is C6H6BrNO. The molecule has 0 aliphatic rings. The Morgan fingerprint density at radius 3 is 2.78 bits per heavy atom. The van der Waals surface area contributed by atoms with Crippen LogP contribution in [0.15, 0.2) is 21.5 Å². The summed E-state index contributed by atoms with van der Waals surface area (Å²) < 4.78 is 0.853. The summed E-state index contributed by atoms with van der Waals surface area (Å²) in [5.41, 5.74) is 0.682. The molecule has 0 saturated heterocycles. The summed E-state index contributed by atoms with van der Waals surface area (Å²) >= 11 is 3.23. The molecule has 0 aromatic carbocycles. The molecule has 0 amide bonds. The van der Waals surface area contributed by atoms with E-state index < -0.39 is 0 Å². The predicted molar refractivity (Wildman–Crippen MR) is 39.5 cm³/mol. The number of halogens is 1. The normalized spacial score (nSPS) is 9.56. The van der Waals surface area contributed by atoms with E-state index in [1.54, 1.807) is 19.2 Å². The first-order valence-electron chi connectivity index (χ1n) is 2.55. The van der Waals surface area contributed by atoms with E-state index in [-0.39, 0.29) is 5.56 Å².